The second-order valence-corrected chi connectivity index (χ2v) is 5.81. The summed E-state index contributed by atoms with van der Waals surface area (Å²) in [4.78, 5) is 12.3. The number of rotatable bonds is 3. The first-order valence-electron chi connectivity index (χ1n) is 7.56. The summed E-state index contributed by atoms with van der Waals surface area (Å²) in [6.07, 6.45) is 0. The molecular formula is C19H17FN2O2. The maximum absolute atomic E-state index is 13.7. The van der Waals surface area contributed by atoms with Gasteiger partial charge in [0.15, 0.2) is 11.5 Å². The van der Waals surface area contributed by atoms with E-state index in [9.17, 15) is 9.18 Å². The Kier molecular flexibility index (Phi) is 4.16. The summed E-state index contributed by atoms with van der Waals surface area (Å²) in [6.45, 7) is 5.55. The van der Waals surface area contributed by atoms with E-state index in [0.717, 1.165) is 16.8 Å². The van der Waals surface area contributed by atoms with E-state index >= 15 is 0 Å². The molecule has 0 radical (unpaired) electrons. The SMILES string of the molecule is Cc1ccc(C)c(NC(=O)c2cc(-c3ccc(C)c(F)c3)on2)c1. The number of hydrogen-bond donors (Lipinski definition) is 1. The third-order valence-electron chi connectivity index (χ3n) is 3.84. The topological polar surface area (TPSA) is 55.1 Å². The molecule has 0 saturated carbocycles. The van der Waals surface area contributed by atoms with E-state index in [1.165, 1.54) is 12.1 Å². The number of amides is 1. The molecule has 1 amide bonds. The summed E-state index contributed by atoms with van der Waals surface area (Å²) in [5, 5.41) is 6.60. The first-order valence-corrected chi connectivity index (χ1v) is 7.56. The zero-order chi connectivity index (χ0) is 17.3. The van der Waals surface area contributed by atoms with Crippen LogP contribution < -0.4 is 5.32 Å². The highest BCUT2D eigenvalue weighted by Gasteiger charge is 2.15. The number of carbonyl (C=O) groups excluding carboxylic acids is 1. The number of benzene rings is 2. The van der Waals surface area contributed by atoms with Crippen molar-refractivity contribution in [2.75, 3.05) is 5.32 Å². The van der Waals surface area contributed by atoms with Gasteiger partial charge in [0.05, 0.1) is 0 Å². The van der Waals surface area contributed by atoms with Crippen molar-refractivity contribution in [3.05, 3.63) is 70.7 Å². The van der Waals surface area contributed by atoms with Gasteiger partial charge in [-0.3, -0.25) is 4.79 Å². The molecule has 0 unspecified atom stereocenters. The van der Waals surface area contributed by atoms with Crippen molar-refractivity contribution in [3.63, 3.8) is 0 Å². The minimum Gasteiger partial charge on any atom is -0.355 e. The molecule has 24 heavy (non-hydrogen) atoms. The predicted octanol–water partition coefficient (Wildman–Crippen LogP) is 4.66. The number of hydrogen-bond acceptors (Lipinski definition) is 3. The van der Waals surface area contributed by atoms with Gasteiger partial charge in [0.1, 0.15) is 5.82 Å². The maximum Gasteiger partial charge on any atom is 0.277 e. The second kappa shape index (κ2) is 6.28. The van der Waals surface area contributed by atoms with Crippen molar-refractivity contribution in [2.45, 2.75) is 20.8 Å². The number of aryl methyl sites for hydroxylation is 3. The summed E-state index contributed by atoms with van der Waals surface area (Å²) in [5.41, 5.74) is 3.96. The molecule has 0 saturated heterocycles. The van der Waals surface area contributed by atoms with Gasteiger partial charge < -0.3 is 9.84 Å². The van der Waals surface area contributed by atoms with Gasteiger partial charge in [0, 0.05) is 17.3 Å². The third kappa shape index (κ3) is 3.20. The van der Waals surface area contributed by atoms with E-state index in [1.807, 2.05) is 32.0 Å². The lowest BCUT2D eigenvalue weighted by Crippen LogP contribution is -2.13. The molecule has 0 aliphatic carbocycles. The van der Waals surface area contributed by atoms with Gasteiger partial charge in [-0.2, -0.15) is 0 Å². The van der Waals surface area contributed by atoms with E-state index in [1.54, 1.807) is 19.1 Å². The molecule has 0 atom stereocenters. The summed E-state index contributed by atoms with van der Waals surface area (Å²) in [5.74, 6) is -0.350. The number of nitrogens with one attached hydrogen (secondary N) is 1. The fraction of sp³-hybridized carbons (Fsp3) is 0.158. The molecule has 0 aliphatic heterocycles. The van der Waals surface area contributed by atoms with Crippen molar-refractivity contribution in [1.29, 1.82) is 0 Å². The highest BCUT2D eigenvalue weighted by atomic mass is 19.1. The number of anilines is 1. The van der Waals surface area contributed by atoms with Crippen LogP contribution in [0.5, 0.6) is 0 Å². The van der Waals surface area contributed by atoms with Gasteiger partial charge in [0.2, 0.25) is 0 Å². The fourth-order valence-electron chi connectivity index (χ4n) is 2.32. The molecule has 1 N–H and O–H groups in total. The summed E-state index contributed by atoms with van der Waals surface area (Å²) >= 11 is 0. The van der Waals surface area contributed by atoms with Crippen LogP contribution in [0.1, 0.15) is 27.2 Å². The molecule has 1 aromatic heterocycles. The summed E-state index contributed by atoms with van der Waals surface area (Å²) < 4.78 is 18.8. The van der Waals surface area contributed by atoms with Gasteiger partial charge in [-0.15, -0.1) is 0 Å². The summed E-state index contributed by atoms with van der Waals surface area (Å²) in [7, 11) is 0. The molecule has 2 aromatic carbocycles. The number of aromatic nitrogens is 1. The molecule has 3 aromatic rings. The Hall–Kier alpha value is -2.95. The molecule has 0 spiro atoms. The molecule has 0 bridgehead atoms. The van der Waals surface area contributed by atoms with Crippen LogP contribution >= 0.6 is 0 Å². The van der Waals surface area contributed by atoms with Gasteiger partial charge in [0.25, 0.3) is 5.91 Å². The lowest BCUT2D eigenvalue weighted by Gasteiger charge is -2.07. The lowest BCUT2D eigenvalue weighted by atomic mass is 10.1. The largest absolute Gasteiger partial charge is 0.355 e. The zero-order valence-electron chi connectivity index (χ0n) is 13.7. The van der Waals surface area contributed by atoms with Crippen molar-refractivity contribution in [2.24, 2.45) is 0 Å². The quantitative estimate of drug-likeness (QED) is 0.762. The number of nitrogens with zero attached hydrogens (tertiary/aromatic N) is 1. The molecule has 4 nitrogen and oxygen atoms in total. The Bertz CT molecular complexity index is 915. The molecule has 122 valence electrons. The van der Waals surface area contributed by atoms with E-state index < -0.39 is 0 Å². The van der Waals surface area contributed by atoms with E-state index in [4.69, 9.17) is 4.52 Å². The molecule has 0 aliphatic rings. The van der Waals surface area contributed by atoms with Crippen molar-refractivity contribution in [3.8, 4) is 11.3 Å². The monoisotopic (exact) mass is 324 g/mol. The van der Waals surface area contributed by atoms with Crippen LogP contribution in [0.2, 0.25) is 0 Å². The van der Waals surface area contributed by atoms with Crippen LogP contribution in [-0.4, -0.2) is 11.1 Å². The molecule has 5 heteroatoms. The highest BCUT2D eigenvalue weighted by Crippen LogP contribution is 2.23. The van der Waals surface area contributed by atoms with Crippen LogP contribution in [0.3, 0.4) is 0 Å². The standard InChI is InChI=1S/C19H17FN2O2/c1-11-4-5-13(3)16(8-11)21-19(23)17-10-18(24-22-17)14-7-6-12(2)15(20)9-14/h4-10H,1-3H3,(H,21,23). The van der Waals surface area contributed by atoms with Gasteiger partial charge in [-0.05, 0) is 49.6 Å². The highest BCUT2D eigenvalue weighted by molar-refractivity contribution is 6.03. The first-order chi connectivity index (χ1) is 11.4. The number of carbonyl (C=O) groups is 1. The maximum atomic E-state index is 13.7. The lowest BCUT2D eigenvalue weighted by molar-refractivity contribution is 0.101. The van der Waals surface area contributed by atoms with Gasteiger partial charge in [-0.25, -0.2) is 4.39 Å². The minimum atomic E-state index is -0.369. The summed E-state index contributed by atoms with van der Waals surface area (Å²) in [6, 6.07) is 12.1. The van der Waals surface area contributed by atoms with E-state index in [0.29, 0.717) is 16.9 Å². The molecule has 1 heterocycles. The minimum absolute atomic E-state index is 0.145. The van der Waals surface area contributed by atoms with Crippen LogP contribution in [-0.2, 0) is 0 Å². The molecular weight excluding hydrogens is 307 g/mol. The Morgan fingerprint density at radius 3 is 2.54 bits per heavy atom. The van der Waals surface area contributed by atoms with Crippen molar-refractivity contribution < 1.29 is 13.7 Å². The second-order valence-electron chi connectivity index (χ2n) is 5.81. The Morgan fingerprint density at radius 2 is 1.79 bits per heavy atom. The average molecular weight is 324 g/mol. The normalized spacial score (nSPS) is 10.7. The Labute approximate surface area is 139 Å². The van der Waals surface area contributed by atoms with Gasteiger partial charge >= 0.3 is 0 Å². The Balaban J connectivity index is 1.83. The third-order valence-corrected chi connectivity index (χ3v) is 3.84. The van der Waals surface area contributed by atoms with Gasteiger partial charge in [-0.1, -0.05) is 29.4 Å². The molecule has 0 fully saturated rings. The average Bonchev–Trinajstić information content (AvgIpc) is 3.03. The van der Waals surface area contributed by atoms with Crippen LogP contribution in [0.4, 0.5) is 10.1 Å². The van der Waals surface area contributed by atoms with Crippen molar-refractivity contribution in [1.82, 2.24) is 5.16 Å². The predicted molar refractivity (Wildman–Crippen MR) is 90.5 cm³/mol. The number of halogens is 1. The smallest absolute Gasteiger partial charge is 0.277 e. The zero-order valence-corrected chi connectivity index (χ0v) is 13.7. The Morgan fingerprint density at radius 1 is 1.04 bits per heavy atom. The van der Waals surface area contributed by atoms with Crippen molar-refractivity contribution >= 4 is 11.6 Å². The first kappa shape index (κ1) is 15.9. The fourth-order valence-corrected chi connectivity index (χ4v) is 2.32. The van der Waals surface area contributed by atoms with Crippen LogP contribution in [0.15, 0.2) is 47.0 Å². The molecule has 3 rings (SSSR count). The van der Waals surface area contributed by atoms with Crippen LogP contribution in [0.25, 0.3) is 11.3 Å². The van der Waals surface area contributed by atoms with Crippen LogP contribution in [0, 0.1) is 26.6 Å². The van der Waals surface area contributed by atoms with E-state index in [2.05, 4.69) is 10.5 Å². The van der Waals surface area contributed by atoms with E-state index in [-0.39, 0.29) is 17.4 Å².